The molecule has 3 unspecified atom stereocenters. The highest BCUT2D eigenvalue weighted by molar-refractivity contribution is 6.36. The Labute approximate surface area is 96.8 Å². The normalized spacial score (nSPS) is 34.6. The summed E-state index contributed by atoms with van der Waals surface area (Å²) in [6, 6.07) is 0.617. The molecular weight excluding hydrogens is 217 g/mol. The first kappa shape index (κ1) is 12.4. The lowest BCUT2D eigenvalue weighted by molar-refractivity contribution is 0.229. The zero-order chi connectivity index (χ0) is 10.6. The van der Waals surface area contributed by atoms with E-state index in [2.05, 4.69) is 19.2 Å². The van der Waals surface area contributed by atoms with Crippen LogP contribution >= 0.6 is 23.2 Å². The Morgan fingerprint density at radius 2 is 2.07 bits per heavy atom. The molecule has 0 amide bonds. The van der Waals surface area contributed by atoms with Gasteiger partial charge in [-0.1, -0.05) is 37.0 Å². The van der Waals surface area contributed by atoms with Crippen LogP contribution in [0.5, 0.6) is 0 Å². The van der Waals surface area contributed by atoms with Gasteiger partial charge in [0, 0.05) is 23.2 Å². The van der Waals surface area contributed by atoms with E-state index in [0.29, 0.717) is 17.6 Å². The molecule has 0 aliphatic heterocycles. The summed E-state index contributed by atoms with van der Waals surface area (Å²) in [5.41, 5.74) is 1.43. The fraction of sp³-hybridized carbons (Fsp3) is 0.818. The van der Waals surface area contributed by atoms with Gasteiger partial charge >= 0.3 is 0 Å². The smallest absolute Gasteiger partial charge is 0.0431 e. The summed E-state index contributed by atoms with van der Waals surface area (Å²) < 4.78 is 0. The van der Waals surface area contributed by atoms with Crippen LogP contribution in [-0.2, 0) is 0 Å². The van der Waals surface area contributed by atoms with Crippen LogP contribution in [0.3, 0.4) is 0 Å². The lowest BCUT2D eigenvalue weighted by Crippen LogP contribution is -2.36. The molecule has 82 valence electrons. The minimum atomic E-state index is 0.617. The molecular formula is C11H19Cl2N. The Balaban J connectivity index is 2.26. The SMILES string of the molecule is CC1CCC(NCC(Cl)=CCl)CC1C. The molecule has 3 heteroatoms. The molecule has 1 N–H and O–H groups in total. The maximum Gasteiger partial charge on any atom is 0.0431 e. The molecule has 0 bridgehead atoms. The zero-order valence-electron chi connectivity index (χ0n) is 8.89. The van der Waals surface area contributed by atoms with Gasteiger partial charge in [0.25, 0.3) is 0 Å². The van der Waals surface area contributed by atoms with Crippen molar-refractivity contribution in [1.82, 2.24) is 5.32 Å². The van der Waals surface area contributed by atoms with Gasteiger partial charge in [0.1, 0.15) is 0 Å². The van der Waals surface area contributed by atoms with Gasteiger partial charge in [-0.25, -0.2) is 0 Å². The Morgan fingerprint density at radius 1 is 1.36 bits per heavy atom. The van der Waals surface area contributed by atoms with Gasteiger partial charge < -0.3 is 5.32 Å². The Hall–Kier alpha value is 0.280. The Bertz CT molecular complexity index is 203. The molecule has 1 saturated carbocycles. The van der Waals surface area contributed by atoms with Crippen LogP contribution < -0.4 is 5.32 Å². The predicted molar refractivity (Wildman–Crippen MR) is 63.8 cm³/mol. The lowest BCUT2D eigenvalue weighted by Gasteiger charge is -2.32. The molecule has 0 saturated heterocycles. The fourth-order valence-corrected chi connectivity index (χ4v) is 2.17. The van der Waals surface area contributed by atoms with E-state index in [1.165, 1.54) is 24.8 Å². The van der Waals surface area contributed by atoms with Crippen LogP contribution in [0.15, 0.2) is 10.6 Å². The van der Waals surface area contributed by atoms with Crippen molar-refractivity contribution in [2.45, 2.75) is 39.2 Å². The average molecular weight is 236 g/mol. The summed E-state index contributed by atoms with van der Waals surface area (Å²) in [5, 5.41) is 4.13. The average Bonchev–Trinajstić information content (AvgIpc) is 2.19. The summed E-state index contributed by atoms with van der Waals surface area (Å²) >= 11 is 11.3. The van der Waals surface area contributed by atoms with E-state index in [-0.39, 0.29) is 0 Å². The van der Waals surface area contributed by atoms with Crippen molar-refractivity contribution >= 4 is 23.2 Å². The van der Waals surface area contributed by atoms with Crippen molar-refractivity contribution in [1.29, 1.82) is 0 Å². The maximum atomic E-state index is 5.82. The van der Waals surface area contributed by atoms with E-state index in [1.54, 1.807) is 0 Å². The van der Waals surface area contributed by atoms with Crippen LogP contribution in [0.2, 0.25) is 0 Å². The van der Waals surface area contributed by atoms with Gasteiger partial charge in [-0.3, -0.25) is 0 Å². The standard InChI is InChI=1S/C11H19Cl2N/c1-8-3-4-11(5-9(8)2)14-7-10(13)6-12/h6,8-9,11,14H,3-5,7H2,1-2H3. The monoisotopic (exact) mass is 235 g/mol. The van der Waals surface area contributed by atoms with Crippen LogP contribution in [0, 0.1) is 11.8 Å². The second-order valence-corrected chi connectivity index (χ2v) is 5.11. The second kappa shape index (κ2) is 5.99. The molecule has 1 nitrogen and oxygen atoms in total. The Morgan fingerprint density at radius 3 is 2.64 bits per heavy atom. The predicted octanol–water partition coefficient (Wildman–Crippen LogP) is 3.72. The van der Waals surface area contributed by atoms with E-state index in [4.69, 9.17) is 23.2 Å². The van der Waals surface area contributed by atoms with Gasteiger partial charge in [-0.15, -0.1) is 0 Å². The molecule has 1 aliphatic rings. The fourth-order valence-electron chi connectivity index (χ4n) is 2.01. The number of hydrogen-bond acceptors (Lipinski definition) is 1. The molecule has 0 aromatic heterocycles. The highest BCUT2D eigenvalue weighted by Crippen LogP contribution is 2.29. The van der Waals surface area contributed by atoms with Crippen molar-refractivity contribution in [3.63, 3.8) is 0 Å². The molecule has 14 heavy (non-hydrogen) atoms. The number of rotatable bonds is 3. The van der Waals surface area contributed by atoms with Crippen molar-refractivity contribution < 1.29 is 0 Å². The molecule has 1 rings (SSSR count). The van der Waals surface area contributed by atoms with Gasteiger partial charge in [0.15, 0.2) is 0 Å². The van der Waals surface area contributed by atoms with Crippen molar-refractivity contribution in [3.8, 4) is 0 Å². The quantitative estimate of drug-likeness (QED) is 0.787. The molecule has 0 radical (unpaired) electrons. The second-order valence-electron chi connectivity index (χ2n) is 4.40. The number of hydrogen-bond donors (Lipinski definition) is 1. The number of nitrogens with one attached hydrogen (secondary N) is 1. The lowest BCUT2D eigenvalue weighted by atomic mass is 9.79. The zero-order valence-corrected chi connectivity index (χ0v) is 10.4. The first-order valence-electron chi connectivity index (χ1n) is 5.31. The first-order valence-corrected chi connectivity index (χ1v) is 6.13. The van der Waals surface area contributed by atoms with Crippen LogP contribution in [0.1, 0.15) is 33.1 Å². The van der Waals surface area contributed by atoms with Crippen molar-refractivity contribution in [2.75, 3.05) is 6.54 Å². The third kappa shape index (κ3) is 3.80. The van der Waals surface area contributed by atoms with Gasteiger partial charge in [-0.05, 0) is 31.1 Å². The first-order chi connectivity index (χ1) is 6.63. The van der Waals surface area contributed by atoms with E-state index < -0.39 is 0 Å². The minimum Gasteiger partial charge on any atom is -0.309 e. The Kier molecular flexibility index (Phi) is 5.29. The highest BCUT2D eigenvalue weighted by Gasteiger charge is 2.23. The maximum absolute atomic E-state index is 5.82. The third-order valence-electron chi connectivity index (χ3n) is 3.28. The summed E-state index contributed by atoms with van der Waals surface area (Å²) in [6.45, 7) is 5.38. The summed E-state index contributed by atoms with van der Waals surface area (Å²) in [4.78, 5) is 0. The minimum absolute atomic E-state index is 0.617. The van der Waals surface area contributed by atoms with E-state index in [9.17, 15) is 0 Å². The number of halogens is 2. The summed E-state index contributed by atoms with van der Waals surface area (Å²) in [7, 11) is 0. The molecule has 1 aliphatic carbocycles. The van der Waals surface area contributed by atoms with Gasteiger partial charge in [0.05, 0.1) is 0 Å². The van der Waals surface area contributed by atoms with Crippen LogP contribution in [0.25, 0.3) is 0 Å². The summed E-state index contributed by atoms with van der Waals surface area (Å²) in [6.07, 6.45) is 3.84. The van der Waals surface area contributed by atoms with E-state index >= 15 is 0 Å². The van der Waals surface area contributed by atoms with Crippen LogP contribution in [0.4, 0.5) is 0 Å². The van der Waals surface area contributed by atoms with Crippen LogP contribution in [-0.4, -0.2) is 12.6 Å². The van der Waals surface area contributed by atoms with E-state index in [0.717, 1.165) is 11.8 Å². The summed E-state index contributed by atoms with van der Waals surface area (Å²) in [5.74, 6) is 1.69. The van der Waals surface area contributed by atoms with Crippen molar-refractivity contribution in [2.24, 2.45) is 11.8 Å². The highest BCUT2D eigenvalue weighted by atomic mass is 35.5. The van der Waals surface area contributed by atoms with Crippen molar-refractivity contribution in [3.05, 3.63) is 10.6 Å². The molecule has 3 atom stereocenters. The molecule has 1 fully saturated rings. The van der Waals surface area contributed by atoms with E-state index in [1.807, 2.05) is 0 Å². The molecule has 0 aromatic carbocycles. The molecule has 0 aromatic rings. The third-order valence-corrected chi connectivity index (χ3v) is 3.89. The van der Waals surface area contributed by atoms with Gasteiger partial charge in [0.2, 0.25) is 0 Å². The topological polar surface area (TPSA) is 12.0 Å². The molecule has 0 spiro atoms. The molecule has 0 heterocycles. The largest absolute Gasteiger partial charge is 0.309 e. The van der Waals surface area contributed by atoms with Gasteiger partial charge in [-0.2, -0.15) is 0 Å².